The predicted molar refractivity (Wildman–Crippen MR) is 104 cm³/mol. The predicted octanol–water partition coefficient (Wildman–Crippen LogP) is 3.49. The van der Waals surface area contributed by atoms with Crippen LogP contribution >= 0.6 is 11.3 Å². The fourth-order valence-corrected chi connectivity index (χ4v) is 3.40. The maximum atomic E-state index is 12.8. The van der Waals surface area contributed by atoms with Gasteiger partial charge in [0.15, 0.2) is 0 Å². The molecule has 2 amide bonds. The number of hydrogen-bond donors (Lipinski definition) is 2. The molecule has 3 rings (SSSR count). The lowest BCUT2D eigenvalue weighted by Gasteiger charge is -2.23. The van der Waals surface area contributed by atoms with Crippen LogP contribution in [0.1, 0.15) is 50.1 Å². The van der Waals surface area contributed by atoms with E-state index in [9.17, 15) is 9.59 Å². The van der Waals surface area contributed by atoms with Crippen LogP contribution in [0.3, 0.4) is 0 Å². The minimum absolute atomic E-state index is 0.344. The number of ether oxygens (including phenoxy) is 1. The number of nitrogens with one attached hydrogen (secondary N) is 2. The van der Waals surface area contributed by atoms with Crippen LogP contribution in [0.2, 0.25) is 0 Å². The molecule has 2 aromatic rings. The van der Waals surface area contributed by atoms with Crippen molar-refractivity contribution < 1.29 is 14.3 Å². The average molecular weight is 388 g/mol. The highest BCUT2D eigenvalue weighted by molar-refractivity contribution is 7.15. The van der Waals surface area contributed by atoms with E-state index in [0.717, 1.165) is 23.4 Å². The molecule has 1 fully saturated rings. The molecular weight excluding hydrogens is 364 g/mol. The van der Waals surface area contributed by atoms with Crippen molar-refractivity contribution in [3.63, 3.8) is 0 Å². The normalized spacial score (nSPS) is 15.1. The summed E-state index contributed by atoms with van der Waals surface area (Å²) in [6, 6.07) is 8.73. The number of anilines is 1. The van der Waals surface area contributed by atoms with E-state index in [1.165, 1.54) is 11.3 Å². The van der Waals surface area contributed by atoms with Crippen molar-refractivity contribution in [1.29, 1.82) is 0 Å². The van der Waals surface area contributed by atoms with Gasteiger partial charge in [-0.15, -0.1) is 10.2 Å². The molecule has 8 heteroatoms. The first-order chi connectivity index (χ1) is 12.8. The first kappa shape index (κ1) is 19.3. The van der Waals surface area contributed by atoms with Gasteiger partial charge in [0.25, 0.3) is 0 Å². The van der Waals surface area contributed by atoms with E-state index in [1.54, 1.807) is 20.8 Å². The van der Waals surface area contributed by atoms with Crippen LogP contribution in [0, 0.1) is 0 Å². The molecule has 0 bridgehead atoms. The van der Waals surface area contributed by atoms with Crippen LogP contribution in [0.4, 0.5) is 9.93 Å². The third-order valence-electron chi connectivity index (χ3n) is 3.89. The van der Waals surface area contributed by atoms with Crippen LogP contribution in [0.25, 0.3) is 0 Å². The van der Waals surface area contributed by atoms with Crippen LogP contribution in [0.5, 0.6) is 0 Å². The van der Waals surface area contributed by atoms with Gasteiger partial charge in [-0.1, -0.05) is 41.7 Å². The average Bonchev–Trinajstić information content (AvgIpc) is 3.33. The largest absolute Gasteiger partial charge is 0.444 e. The first-order valence-corrected chi connectivity index (χ1v) is 9.79. The van der Waals surface area contributed by atoms with Gasteiger partial charge in [-0.05, 0) is 39.2 Å². The molecule has 0 aliphatic heterocycles. The van der Waals surface area contributed by atoms with E-state index < -0.39 is 17.7 Å². The summed E-state index contributed by atoms with van der Waals surface area (Å²) in [5.74, 6) is 0.136. The Hall–Kier alpha value is -2.48. The van der Waals surface area contributed by atoms with Gasteiger partial charge in [-0.3, -0.25) is 10.1 Å². The highest BCUT2D eigenvalue weighted by Gasteiger charge is 2.29. The number of benzene rings is 1. The molecule has 0 radical (unpaired) electrons. The van der Waals surface area contributed by atoms with Gasteiger partial charge in [0.05, 0.1) is 0 Å². The van der Waals surface area contributed by atoms with Gasteiger partial charge in [0.1, 0.15) is 16.7 Å². The molecule has 1 aliphatic carbocycles. The maximum absolute atomic E-state index is 12.8. The molecule has 1 aromatic heterocycles. The topological polar surface area (TPSA) is 93.2 Å². The summed E-state index contributed by atoms with van der Waals surface area (Å²) >= 11 is 1.39. The molecule has 0 spiro atoms. The number of alkyl carbamates (subject to hydrolysis) is 1. The van der Waals surface area contributed by atoms with Crippen LogP contribution < -0.4 is 10.6 Å². The third-order valence-corrected chi connectivity index (χ3v) is 4.89. The number of nitrogens with zero attached hydrogens (tertiary/aromatic N) is 2. The Morgan fingerprint density at radius 3 is 2.56 bits per heavy atom. The maximum Gasteiger partial charge on any atom is 0.408 e. The summed E-state index contributed by atoms with van der Waals surface area (Å²) in [6.07, 6.45) is 1.97. The van der Waals surface area contributed by atoms with E-state index in [1.807, 2.05) is 30.3 Å². The molecular formula is C19H24N4O3S. The quantitative estimate of drug-likeness (QED) is 0.790. The Balaban J connectivity index is 1.68. The van der Waals surface area contributed by atoms with Crippen molar-refractivity contribution in [3.05, 3.63) is 40.9 Å². The van der Waals surface area contributed by atoms with Crippen molar-refractivity contribution >= 4 is 28.5 Å². The fraction of sp³-hybridized carbons (Fsp3) is 0.474. The SMILES string of the molecule is CC(C)(C)OC(=O)NC(Cc1ccccc1)C(=O)Nc1nnc(C2CC2)s1. The number of carbonyl (C=O) groups excluding carboxylic acids is 2. The number of carbonyl (C=O) groups is 2. The van der Waals surface area contributed by atoms with E-state index in [-0.39, 0.29) is 5.91 Å². The van der Waals surface area contributed by atoms with Gasteiger partial charge >= 0.3 is 6.09 Å². The lowest BCUT2D eigenvalue weighted by Crippen LogP contribution is -2.47. The fourth-order valence-electron chi connectivity index (χ4n) is 2.48. The lowest BCUT2D eigenvalue weighted by atomic mass is 10.1. The van der Waals surface area contributed by atoms with Crippen LogP contribution in [-0.4, -0.2) is 33.8 Å². The molecule has 144 valence electrons. The zero-order valence-corrected chi connectivity index (χ0v) is 16.5. The van der Waals surface area contributed by atoms with Crippen LogP contribution in [0.15, 0.2) is 30.3 Å². The minimum atomic E-state index is -0.782. The number of hydrogen-bond acceptors (Lipinski definition) is 6. The molecule has 0 saturated heterocycles. The zero-order chi connectivity index (χ0) is 19.4. The standard InChI is InChI=1S/C19H24N4O3S/c1-19(2,3)26-18(25)20-14(11-12-7-5-4-6-8-12)15(24)21-17-23-22-16(27-17)13-9-10-13/h4-8,13-14H,9-11H2,1-3H3,(H,20,25)(H,21,23,24). The second kappa shape index (κ2) is 8.04. The van der Waals surface area contributed by atoms with Gasteiger partial charge in [0.2, 0.25) is 11.0 Å². The van der Waals surface area contributed by atoms with E-state index in [0.29, 0.717) is 17.5 Å². The summed E-state index contributed by atoms with van der Waals surface area (Å²) in [7, 11) is 0. The molecule has 2 N–H and O–H groups in total. The van der Waals surface area contributed by atoms with Gasteiger partial charge in [-0.25, -0.2) is 4.79 Å². The Morgan fingerprint density at radius 1 is 1.22 bits per heavy atom. The lowest BCUT2D eigenvalue weighted by molar-refractivity contribution is -0.118. The van der Waals surface area contributed by atoms with Crippen LogP contribution in [-0.2, 0) is 16.0 Å². The summed E-state index contributed by atoms with van der Waals surface area (Å²) in [5.41, 5.74) is 0.292. The van der Waals surface area contributed by atoms with E-state index >= 15 is 0 Å². The number of rotatable bonds is 6. The Kier molecular flexibility index (Phi) is 5.74. The summed E-state index contributed by atoms with van der Waals surface area (Å²) in [6.45, 7) is 5.33. The number of amides is 2. The van der Waals surface area contributed by atoms with Gasteiger partial charge in [0, 0.05) is 12.3 Å². The smallest absolute Gasteiger partial charge is 0.408 e. The summed E-state index contributed by atoms with van der Waals surface area (Å²) in [4.78, 5) is 24.9. The molecule has 7 nitrogen and oxygen atoms in total. The Morgan fingerprint density at radius 2 is 1.93 bits per heavy atom. The van der Waals surface area contributed by atoms with Crippen molar-refractivity contribution in [2.75, 3.05) is 5.32 Å². The van der Waals surface area contributed by atoms with Crippen molar-refractivity contribution in [2.24, 2.45) is 0 Å². The second-order valence-electron chi connectivity index (χ2n) is 7.60. The van der Waals surface area contributed by atoms with E-state index in [2.05, 4.69) is 20.8 Å². The van der Waals surface area contributed by atoms with Gasteiger partial charge < -0.3 is 10.1 Å². The molecule has 1 unspecified atom stereocenters. The zero-order valence-electron chi connectivity index (χ0n) is 15.7. The first-order valence-electron chi connectivity index (χ1n) is 8.98. The van der Waals surface area contributed by atoms with Gasteiger partial charge in [-0.2, -0.15) is 0 Å². The monoisotopic (exact) mass is 388 g/mol. The van der Waals surface area contributed by atoms with Crippen molar-refractivity contribution in [3.8, 4) is 0 Å². The van der Waals surface area contributed by atoms with Crippen molar-refractivity contribution in [2.45, 2.75) is 57.6 Å². The summed E-state index contributed by atoms with van der Waals surface area (Å²) in [5, 5.41) is 15.0. The number of aromatic nitrogens is 2. The molecule has 1 aromatic carbocycles. The molecule has 1 aliphatic rings. The van der Waals surface area contributed by atoms with Crippen molar-refractivity contribution in [1.82, 2.24) is 15.5 Å². The highest BCUT2D eigenvalue weighted by Crippen LogP contribution is 2.42. The molecule has 1 atom stereocenters. The molecule has 1 heterocycles. The Bertz CT molecular complexity index is 797. The second-order valence-corrected chi connectivity index (χ2v) is 8.61. The minimum Gasteiger partial charge on any atom is -0.444 e. The summed E-state index contributed by atoms with van der Waals surface area (Å²) < 4.78 is 5.29. The van der Waals surface area contributed by atoms with E-state index in [4.69, 9.17) is 4.74 Å². The highest BCUT2D eigenvalue weighted by atomic mass is 32.1. The Labute approximate surface area is 162 Å². The third kappa shape index (κ3) is 6.02. The molecule has 27 heavy (non-hydrogen) atoms. The molecule has 1 saturated carbocycles.